The van der Waals surface area contributed by atoms with E-state index in [0.29, 0.717) is 72.0 Å². The molecule has 0 saturated carbocycles. The maximum absolute atomic E-state index is 16.5. The lowest BCUT2D eigenvalue weighted by atomic mass is 9.94. The fraction of sp³-hybridized carbons (Fsp3) is 0.452. The zero-order valence-corrected chi connectivity index (χ0v) is 23.4. The molecule has 2 aromatic heterocycles. The van der Waals surface area contributed by atoms with Gasteiger partial charge in [-0.2, -0.15) is 9.97 Å². The molecule has 7 nitrogen and oxygen atoms in total. The summed E-state index contributed by atoms with van der Waals surface area (Å²) in [7, 11) is 0.500. The predicted octanol–water partition coefficient (Wildman–Crippen LogP) is 6.34. The van der Waals surface area contributed by atoms with Crippen molar-refractivity contribution in [2.24, 2.45) is 0 Å². The molecule has 0 amide bonds. The molecule has 7 rings (SSSR count). The molecule has 2 fully saturated rings. The highest BCUT2D eigenvalue weighted by atomic mass is 19.1. The number of hydrogen-bond donors (Lipinski definition) is 2. The van der Waals surface area contributed by atoms with Gasteiger partial charge in [0.15, 0.2) is 5.82 Å². The third kappa shape index (κ3) is 4.62. The van der Waals surface area contributed by atoms with Gasteiger partial charge >= 0.3 is 6.01 Å². The van der Waals surface area contributed by atoms with Crippen molar-refractivity contribution in [1.29, 1.82) is 0 Å². The summed E-state index contributed by atoms with van der Waals surface area (Å²) in [4.78, 5) is 16.5. The number of alkyl halides is 1. The van der Waals surface area contributed by atoms with Crippen LogP contribution in [-0.2, 0) is 12.8 Å². The molecule has 10 heteroatoms. The van der Waals surface area contributed by atoms with E-state index in [1.807, 2.05) is 6.92 Å². The van der Waals surface area contributed by atoms with Crippen LogP contribution < -0.4 is 10.1 Å². The van der Waals surface area contributed by atoms with Gasteiger partial charge in [-0.15, -0.1) is 0 Å². The first-order valence-corrected chi connectivity index (χ1v) is 14.3. The summed E-state index contributed by atoms with van der Waals surface area (Å²) < 4.78 is 47.1. The number of pyridine rings is 1. The Morgan fingerprint density at radius 1 is 1.02 bits per heavy atom. The number of aryl methyl sites for hydroxylation is 2. The molecule has 0 bridgehead atoms. The van der Waals surface area contributed by atoms with Crippen molar-refractivity contribution in [1.82, 2.24) is 19.9 Å². The molecule has 3 aliphatic heterocycles. The number of rotatable bonds is 5. The molecule has 0 spiro atoms. The van der Waals surface area contributed by atoms with Crippen molar-refractivity contribution in [2.75, 3.05) is 38.7 Å². The number of aromatic hydroxyl groups is 1. The monoisotopic (exact) mass is 565 g/mol. The number of nitrogens with zero attached hydrogens (tertiary/aromatic N) is 4. The maximum Gasteiger partial charge on any atom is 0.319 e. The highest BCUT2D eigenvalue weighted by Gasteiger charge is 2.45. The largest absolute Gasteiger partial charge is 0.508 e. The number of benzene rings is 2. The van der Waals surface area contributed by atoms with Gasteiger partial charge in [-0.25, -0.2) is 13.8 Å². The summed E-state index contributed by atoms with van der Waals surface area (Å²) in [6.45, 7) is 5.16. The lowest BCUT2D eigenvalue weighted by molar-refractivity contribution is 0.108. The van der Waals surface area contributed by atoms with E-state index in [-0.39, 0.29) is 34.3 Å². The van der Waals surface area contributed by atoms with Gasteiger partial charge in [0.25, 0.3) is 0 Å². The van der Waals surface area contributed by atoms with Crippen LogP contribution in [0.1, 0.15) is 50.3 Å². The zero-order valence-electron chi connectivity index (χ0n) is 23.4. The highest BCUT2D eigenvalue weighted by Crippen LogP contribution is 2.41. The van der Waals surface area contributed by atoms with Gasteiger partial charge in [-0.05, 0) is 92.6 Å². The van der Waals surface area contributed by atoms with Crippen LogP contribution in [0.5, 0.6) is 11.8 Å². The fourth-order valence-electron chi connectivity index (χ4n) is 6.93. The van der Waals surface area contributed by atoms with Crippen LogP contribution in [0.2, 0.25) is 0 Å². The maximum atomic E-state index is 16.5. The molecule has 41 heavy (non-hydrogen) atoms. The topological polar surface area (TPSA) is 83.4 Å². The molecular formula is C31H34F3N5O2. The molecule has 2 N–H and O–H groups in total. The van der Waals surface area contributed by atoms with Crippen LogP contribution in [0.15, 0.2) is 24.3 Å². The normalized spacial score (nSPS) is 17.6. The van der Waals surface area contributed by atoms with Crippen molar-refractivity contribution in [3.8, 4) is 23.0 Å². The van der Waals surface area contributed by atoms with E-state index >= 15 is 4.39 Å². The Morgan fingerprint density at radius 2 is 1.80 bits per heavy atom. The number of halogens is 3. The Hall–Kier alpha value is -3.66. The number of hydrogen-bond acceptors (Lipinski definition) is 7. The molecule has 2 saturated heterocycles. The van der Waals surface area contributed by atoms with Gasteiger partial charge in [0, 0.05) is 12.1 Å². The Balaban J connectivity index is 0.00000148. The second-order valence-electron chi connectivity index (χ2n) is 11.0. The van der Waals surface area contributed by atoms with E-state index in [1.54, 1.807) is 12.1 Å². The number of phenolic OH excluding ortho intramolecular Hbond substituents is 1. The van der Waals surface area contributed by atoms with E-state index < -0.39 is 5.82 Å². The third-order valence-electron chi connectivity index (χ3n) is 8.77. The molecule has 0 radical (unpaired) electrons. The molecule has 0 unspecified atom stereocenters. The molecule has 4 aromatic rings. The van der Waals surface area contributed by atoms with E-state index in [2.05, 4.69) is 20.2 Å². The summed E-state index contributed by atoms with van der Waals surface area (Å²) in [6.07, 6.45) is 6.28. The van der Waals surface area contributed by atoms with Crippen LogP contribution >= 0.6 is 0 Å². The highest BCUT2D eigenvalue weighted by molar-refractivity contribution is 6.02. The molecule has 0 atom stereocenters. The Bertz CT molecular complexity index is 1620. The van der Waals surface area contributed by atoms with Crippen molar-refractivity contribution in [3.63, 3.8) is 0 Å². The van der Waals surface area contributed by atoms with Crippen LogP contribution in [-0.4, -0.2) is 63.9 Å². The van der Waals surface area contributed by atoms with Crippen molar-refractivity contribution in [2.45, 2.75) is 57.4 Å². The van der Waals surface area contributed by atoms with Gasteiger partial charge in [-0.1, -0.05) is 13.0 Å². The fourth-order valence-corrected chi connectivity index (χ4v) is 6.93. The van der Waals surface area contributed by atoms with Gasteiger partial charge in [0.2, 0.25) is 0 Å². The number of anilines is 1. The lowest BCUT2D eigenvalue weighted by Crippen LogP contribution is -2.43. The molecule has 216 valence electrons. The first-order valence-electron chi connectivity index (χ1n) is 14.3. The SMILES string of the molecule is CCc1c(F)ccc2cc(O)cc(-c3nc4c5c(nc(OCC67CCCN6CCC7)nc5c3F)NCCC4)c12.CF. The number of phenols is 1. The number of aromatic nitrogens is 3. The quantitative estimate of drug-likeness (QED) is 0.292. The standard InChI is InChI=1S/C30H31F2N5O2.CH3F/c1-2-19-21(31)8-7-17-14-18(38)15-20(23(17)19)26-25(32)27-24-22(34-26)6-3-11-33-28(24)36-29(35-27)39-16-30-9-4-12-37(30)13-5-10-30;1-2/h7-8,14-15,38H,2-6,9-13,16H2,1H3,(H,33,35,36);1H3. The summed E-state index contributed by atoms with van der Waals surface area (Å²) >= 11 is 0. The molecule has 2 aromatic carbocycles. The van der Waals surface area contributed by atoms with Crippen LogP contribution in [0.3, 0.4) is 0 Å². The summed E-state index contributed by atoms with van der Waals surface area (Å²) in [6, 6.07) is 6.16. The second-order valence-corrected chi connectivity index (χ2v) is 11.0. The second kappa shape index (κ2) is 11.0. The molecule has 5 heterocycles. The van der Waals surface area contributed by atoms with Gasteiger partial charge in [-0.3, -0.25) is 9.29 Å². The average molecular weight is 566 g/mol. The minimum Gasteiger partial charge on any atom is -0.508 e. The van der Waals surface area contributed by atoms with E-state index in [9.17, 15) is 13.9 Å². The van der Waals surface area contributed by atoms with Gasteiger partial charge in [0.1, 0.15) is 35.2 Å². The molecule has 3 aliphatic rings. The van der Waals surface area contributed by atoms with E-state index in [1.165, 1.54) is 12.1 Å². The van der Waals surface area contributed by atoms with Gasteiger partial charge in [0.05, 0.1) is 23.8 Å². The van der Waals surface area contributed by atoms with Crippen LogP contribution in [0.25, 0.3) is 32.9 Å². The summed E-state index contributed by atoms with van der Waals surface area (Å²) in [5.74, 6) is -0.517. The van der Waals surface area contributed by atoms with E-state index in [0.717, 1.165) is 45.2 Å². The Morgan fingerprint density at radius 3 is 2.56 bits per heavy atom. The minimum atomic E-state index is -0.634. The smallest absolute Gasteiger partial charge is 0.319 e. The average Bonchev–Trinajstić information content (AvgIpc) is 3.50. The zero-order chi connectivity index (χ0) is 28.7. The summed E-state index contributed by atoms with van der Waals surface area (Å²) in [5, 5.41) is 15.6. The molecular weight excluding hydrogens is 531 g/mol. The van der Waals surface area contributed by atoms with Crippen LogP contribution in [0, 0.1) is 11.6 Å². The summed E-state index contributed by atoms with van der Waals surface area (Å²) in [5.41, 5.74) is 1.67. The first kappa shape index (κ1) is 27.5. The minimum absolute atomic E-state index is 0.00802. The van der Waals surface area contributed by atoms with Crippen molar-refractivity contribution < 1.29 is 23.0 Å². The van der Waals surface area contributed by atoms with Crippen molar-refractivity contribution >= 4 is 27.5 Å². The Labute approximate surface area is 236 Å². The number of ether oxygens (including phenoxy) is 1. The predicted molar refractivity (Wildman–Crippen MR) is 153 cm³/mol. The third-order valence-corrected chi connectivity index (χ3v) is 8.77. The van der Waals surface area contributed by atoms with Crippen LogP contribution in [0.4, 0.5) is 19.0 Å². The molecule has 0 aliphatic carbocycles. The number of fused-ring (bicyclic) bond motifs is 2. The van der Waals surface area contributed by atoms with Gasteiger partial charge < -0.3 is 15.2 Å². The lowest BCUT2D eigenvalue weighted by Gasteiger charge is -2.31. The van der Waals surface area contributed by atoms with Crippen molar-refractivity contribution in [3.05, 3.63) is 47.2 Å². The first-order chi connectivity index (χ1) is 20.0. The number of nitrogens with one attached hydrogen (secondary N) is 1. The van der Waals surface area contributed by atoms with E-state index in [4.69, 9.17) is 9.72 Å². The Kier molecular flexibility index (Phi) is 7.36.